The second-order valence-electron chi connectivity index (χ2n) is 8.16. The number of hydrogen-bond donors (Lipinski definition) is 1. The minimum atomic E-state index is -4.46. The molecule has 0 spiro atoms. The van der Waals surface area contributed by atoms with Gasteiger partial charge in [0.05, 0.1) is 11.6 Å². The van der Waals surface area contributed by atoms with Gasteiger partial charge in [0.1, 0.15) is 17.5 Å². The SMILES string of the molecule is C[C@H]1NC(c2cccc(C(F)(F)F)c2)N(c2ccc(OC3(C)C=CC(Cl)=CC3)cc2)C1=O. The molecule has 1 N–H and O–H groups in total. The first kappa shape index (κ1) is 22.4. The molecule has 4 rings (SSSR count). The molecule has 0 aromatic heterocycles. The highest BCUT2D eigenvalue weighted by Gasteiger charge is 2.39. The molecule has 2 aromatic rings. The molecule has 1 aliphatic carbocycles. The maximum absolute atomic E-state index is 13.2. The topological polar surface area (TPSA) is 41.6 Å². The fourth-order valence-electron chi connectivity index (χ4n) is 3.84. The highest BCUT2D eigenvalue weighted by atomic mass is 35.5. The highest BCUT2D eigenvalue weighted by molar-refractivity contribution is 6.31. The van der Waals surface area contributed by atoms with Crippen LogP contribution in [-0.4, -0.2) is 17.6 Å². The van der Waals surface area contributed by atoms with E-state index in [2.05, 4.69) is 5.32 Å². The van der Waals surface area contributed by atoms with Crippen molar-refractivity contribution < 1.29 is 22.7 Å². The molecule has 168 valence electrons. The van der Waals surface area contributed by atoms with Crippen molar-refractivity contribution in [3.05, 3.63) is 82.9 Å². The Kier molecular flexibility index (Phi) is 5.81. The minimum Gasteiger partial charge on any atom is -0.483 e. The number of benzene rings is 2. The summed E-state index contributed by atoms with van der Waals surface area (Å²) < 4.78 is 45.6. The van der Waals surface area contributed by atoms with Crippen molar-refractivity contribution >= 4 is 23.2 Å². The third-order valence-corrected chi connectivity index (χ3v) is 5.85. The molecule has 0 radical (unpaired) electrons. The van der Waals surface area contributed by atoms with Gasteiger partial charge in [-0.05, 0) is 68.0 Å². The van der Waals surface area contributed by atoms with E-state index in [1.807, 2.05) is 19.1 Å². The Morgan fingerprint density at radius 1 is 1.19 bits per heavy atom. The lowest BCUT2D eigenvalue weighted by Gasteiger charge is -2.29. The van der Waals surface area contributed by atoms with Crippen molar-refractivity contribution in [3.8, 4) is 5.75 Å². The van der Waals surface area contributed by atoms with Gasteiger partial charge in [0.2, 0.25) is 5.91 Å². The predicted molar refractivity (Wildman–Crippen MR) is 117 cm³/mol. The molecule has 1 fully saturated rings. The number of rotatable bonds is 4. The molecular formula is C24H22ClF3N2O2. The molecule has 0 bridgehead atoms. The van der Waals surface area contributed by atoms with E-state index in [0.717, 1.165) is 12.1 Å². The lowest BCUT2D eigenvalue weighted by Crippen LogP contribution is -2.31. The van der Waals surface area contributed by atoms with E-state index in [1.165, 1.54) is 11.0 Å². The number of carbonyl (C=O) groups excluding carboxylic acids is 1. The molecule has 2 unspecified atom stereocenters. The number of hydrogen-bond acceptors (Lipinski definition) is 3. The van der Waals surface area contributed by atoms with Crippen LogP contribution < -0.4 is 15.0 Å². The van der Waals surface area contributed by atoms with Gasteiger partial charge in [-0.25, -0.2) is 0 Å². The largest absolute Gasteiger partial charge is 0.483 e. The van der Waals surface area contributed by atoms with Crippen LogP contribution in [0.1, 0.15) is 37.6 Å². The molecule has 1 aliphatic heterocycles. The molecule has 2 aromatic carbocycles. The predicted octanol–water partition coefficient (Wildman–Crippen LogP) is 5.95. The Morgan fingerprint density at radius 3 is 2.53 bits per heavy atom. The molecule has 2 aliphatic rings. The van der Waals surface area contributed by atoms with Crippen LogP contribution in [0.5, 0.6) is 5.75 Å². The van der Waals surface area contributed by atoms with Crippen LogP contribution in [0.15, 0.2) is 71.8 Å². The van der Waals surface area contributed by atoms with Gasteiger partial charge in [-0.15, -0.1) is 0 Å². The quantitative estimate of drug-likeness (QED) is 0.610. The first-order valence-corrected chi connectivity index (χ1v) is 10.5. The summed E-state index contributed by atoms with van der Waals surface area (Å²) in [6.45, 7) is 3.63. The lowest BCUT2D eigenvalue weighted by atomic mass is 9.97. The van der Waals surface area contributed by atoms with Gasteiger partial charge >= 0.3 is 6.18 Å². The standard InChI is InChI=1S/C24H22ClF3N2O2/c1-15-22(31)30(21(29-15)16-4-3-5-17(14-16)24(26,27)28)19-6-8-20(9-7-19)32-23(2)12-10-18(25)11-13-23/h3-12,14-15,21,29H,13H2,1-2H3/t15-,21?,23?/m1/s1. The summed E-state index contributed by atoms with van der Waals surface area (Å²) in [5.41, 5.74) is -0.370. The minimum absolute atomic E-state index is 0.219. The zero-order valence-electron chi connectivity index (χ0n) is 17.5. The van der Waals surface area contributed by atoms with Gasteiger partial charge in [0, 0.05) is 17.1 Å². The molecule has 1 heterocycles. The second-order valence-corrected chi connectivity index (χ2v) is 8.59. The van der Waals surface area contributed by atoms with E-state index in [9.17, 15) is 18.0 Å². The average molecular weight is 463 g/mol. The van der Waals surface area contributed by atoms with E-state index in [-0.39, 0.29) is 5.91 Å². The van der Waals surface area contributed by atoms with Crippen molar-refractivity contribution in [1.82, 2.24) is 5.32 Å². The monoisotopic (exact) mass is 462 g/mol. The van der Waals surface area contributed by atoms with Crippen molar-refractivity contribution in [1.29, 1.82) is 0 Å². The van der Waals surface area contributed by atoms with Crippen molar-refractivity contribution in [2.75, 3.05) is 4.90 Å². The van der Waals surface area contributed by atoms with Crippen LogP contribution >= 0.6 is 11.6 Å². The highest BCUT2D eigenvalue weighted by Crippen LogP contribution is 2.36. The lowest BCUT2D eigenvalue weighted by molar-refractivity contribution is -0.137. The number of carbonyl (C=O) groups is 1. The van der Waals surface area contributed by atoms with E-state index in [4.69, 9.17) is 16.3 Å². The summed E-state index contributed by atoms with van der Waals surface area (Å²) in [4.78, 5) is 14.3. The number of nitrogens with zero attached hydrogens (tertiary/aromatic N) is 1. The molecule has 3 atom stereocenters. The molecule has 1 saturated heterocycles. The van der Waals surface area contributed by atoms with Crippen LogP contribution in [0.3, 0.4) is 0 Å². The van der Waals surface area contributed by atoms with E-state index in [0.29, 0.717) is 28.5 Å². The summed E-state index contributed by atoms with van der Waals surface area (Å²) in [6.07, 6.45) is 1.01. The second kappa shape index (κ2) is 8.30. The van der Waals surface area contributed by atoms with Crippen molar-refractivity contribution in [2.45, 2.75) is 44.3 Å². The third-order valence-electron chi connectivity index (χ3n) is 5.57. The first-order chi connectivity index (χ1) is 15.1. The van der Waals surface area contributed by atoms with Gasteiger partial charge in [-0.1, -0.05) is 29.8 Å². The number of allylic oxidation sites excluding steroid dienone is 2. The van der Waals surface area contributed by atoms with E-state index >= 15 is 0 Å². The number of halogens is 4. The fourth-order valence-corrected chi connectivity index (χ4v) is 3.98. The summed E-state index contributed by atoms with van der Waals surface area (Å²) in [5.74, 6) is 0.388. The van der Waals surface area contributed by atoms with Crippen molar-refractivity contribution in [2.24, 2.45) is 0 Å². The van der Waals surface area contributed by atoms with Crippen LogP contribution in [0.4, 0.5) is 18.9 Å². The van der Waals surface area contributed by atoms with Gasteiger partial charge in [0.25, 0.3) is 0 Å². The Morgan fingerprint density at radius 2 is 1.91 bits per heavy atom. The maximum Gasteiger partial charge on any atom is 0.416 e. The van der Waals surface area contributed by atoms with Crippen LogP contribution in [-0.2, 0) is 11.0 Å². The summed E-state index contributed by atoms with van der Waals surface area (Å²) in [7, 11) is 0. The van der Waals surface area contributed by atoms with Crippen LogP contribution in [0, 0.1) is 0 Å². The third kappa shape index (κ3) is 4.54. The molecule has 1 amide bonds. The maximum atomic E-state index is 13.2. The number of anilines is 1. The fraction of sp³-hybridized carbons (Fsp3) is 0.292. The van der Waals surface area contributed by atoms with E-state index in [1.54, 1.807) is 43.3 Å². The molecular weight excluding hydrogens is 441 g/mol. The van der Waals surface area contributed by atoms with E-state index < -0.39 is 29.5 Å². The number of alkyl halides is 3. The smallest absolute Gasteiger partial charge is 0.416 e. The van der Waals surface area contributed by atoms with Gasteiger partial charge in [-0.3, -0.25) is 15.0 Å². The zero-order chi connectivity index (χ0) is 23.1. The van der Waals surface area contributed by atoms with Crippen molar-refractivity contribution in [3.63, 3.8) is 0 Å². The van der Waals surface area contributed by atoms with Gasteiger partial charge in [-0.2, -0.15) is 13.2 Å². The van der Waals surface area contributed by atoms with Crippen LogP contribution in [0.25, 0.3) is 0 Å². The Labute approximate surface area is 189 Å². The van der Waals surface area contributed by atoms with Gasteiger partial charge in [0.15, 0.2) is 0 Å². The van der Waals surface area contributed by atoms with Gasteiger partial charge < -0.3 is 4.74 Å². The number of amides is 1. The summed E-state index contributed by atoms with van der Waals surface area (Å²) in [5, 5.41) is 3.75. The molecule has 0 saturated carbocycles. The molecule has 32 heavy (non-hydrogen) atoms. The average Bonchev–Trinajstić information content (AvgIpc) is 3.05. The normalized spacial score (nSPS) is 25.8. The Balaban J connectivity index is 1.59. The zero-order valence-corrected chi connectivity index (χ0v) is 18.2. The molecule has 4 nitrogen and oxygen atoms in total. The Bertz CT molecular complexity index is 1080. The number of nitrogens with one attached hydrogen (secondary N) is 1. The Hall–Kier alpha value is -2.77. The first-order valence-electron chi connectivity index (χ1n) is 10.2. The number of ether oxygens (including phenoxy) is 1. The summed E-state index contributed by atoms with van der Waals surface area (Å²) >= 11 is 5.98. The molecule has 8 heteroatoms. The van der Waals surface area contributed by atoms with Crippen LogP contribution in [0.2, 0.25) is 0 Å². The summed E-state index contributed by atoms with van der Waals surface area (Å²) in [6, 6.07) is 11.4.